The highest BCUT2D eigenvalue weighted by molar-refractivity contribution is 6.25. The number of alkyl halides is 3. The Labute approximate surface area is 357 Å². The summed E-state index contributed by atoms with van der Waals surface area (Å²) < 4.78 is 44.7. The van der Waals surface area contributed by atoms with Gasteiger partial charge in [0, 0.05) is 61.6 Å². The van der Waals surface area contributed by atoms with Crippen molar-refractivity contribution in [2.75, 3.05) is 24.2 Å². The van der Waals surface area contributed by atoms with E-state index in [4.69, 9.17) is 0 Å². The molecule has 8 rings (SSSR count). The highest BCUT2D eigenvalue weighted by atomic mass is 19.4. The molecule has 1 unspecified atom stereocenters. The van der Waals surface area contributed by atoms with Crippen molar-refractivity contribution in [3.05, 3.63) is 94.7 Å². The lowest BCUT2D eigenvalue weighted by molar-refractivity contribution is -0.137. The Morgan fingerprint density at radius 3 is 2.41 bits per heavy atom. The smallest absolute Gasteiger partial charge is 0.387 e. The third-order valence-corrected chi connectivity index (χ3v) is 11.2. The van der Waals surface area contributed by atoms with E-state index in [-0.39, 0.29) is 70.4 Å². The largest absolute Gasteiger partial charge is 0.417 e. The van der Waals surface area contributed by atoms with Crippen LogP contribution in [0.5, 0.6) is 0 Å². The molecule has 63 heavy (non-hydrogen) atoms. The van der Waals surface area contributed by atoms with Crippen LogP contribution in [0.3, 0.4) is 0 Å². The fourth-order valence-electron chi connectivity index (χ4n) is 7.74. The van der Waals surface area contributed by atoms with Gasteiger partial charge in [-0.1, -0.05) is 17.3 Å². The number of pyridine rings is 2. The van der Waals surface area contributed by atoms with Crippen molar-refractivity contribution in [3.8, 4) is 11.1 Å². The number of hydrogen-bond acceptors (Lipinski definition) is 12. The van der Waals surface area contributed by atoms with Crippen molar-refractivity contribution < 1.29 is 41.9 Å². The van der Waals surface area contributed by atoms with Crippen molar-refractivity contribution in [2.45, 2.75) is 82.7 Å². The molecule has 3 aromatic heterocycles. The molecule has 2 fully saturated rings. The molecule has 3 aliphatic rings. The van der Waals surface area contributed by atoms with E-state index in [2.05, 4.69) is 46.9 Å². The highest BCUT2D eigenvalue weighted by Gasteiger charge is 2.46. The normalized spacial score (nSPS) is 16.5. The number of nitrogens with one attached hydrogen (secondary N) is 5. The number of hydrogen-bond donors (Lipinski definition) is 5. The van der Waals surface area contributed by atoms with E-state index in [1.165, 1.54) is 36.7 Å². The number of rotatable bonds is 14. The lowest BCUT2D eigenvalue weighted by Gasteiger charge is -2.28. The zero-order valence-corrected chi connectivity index (χ0v) is 34.4. The molecular formula is C43H42F3N11O6. The fourth-order valence-corrected chi connectivity index (χ4v) is 7.74. The van der Waals surface area contributed by atoms with Gasteiger partial charge in [-0.2, -0.15) is 13.2 Å². The molecule has 2 aromatic carbocycles. The van der Waals surface area contributed by atoms with E-state index >= 15 is 0 Å². The molecule has 5 N–H and O–H groups in total. The minimum absolute atomic E-state index is 0.00951. The van der Waals surface area contributed by atoms with E-state index in [0.717, 1.165) is 23.8 Å². The molecule has 1 atom stereocenters. The van der Waals surface area contributed by atoms with Gasteiger partial charge in [0.05, 0.1) is 45.2 Å². The van der Waals surface area contributed by atoms with Crippen LogP contribution in [-0.4, -0.2) is 91.0 Å². The first-order valence-corrected chi connectivity index (χ1v) is 20.3. The number of aryl methyl sites for hydroxylation is 1. The lowest BCUT2D eigenvalue weighted by Crippen LogP contribution is -2.54. The number of carbonyl (C=O) groups excluding carboxylic acids is 6. The number of amides is 6. The predicted molar refractivity (Wildman–Crippen MR) is 221 cm³/mol. The summed E-state index contributed by atoms with van der Waals surface area (Å²) in [5, 5.41) is 23.0. The number of benzene rings is 2. The fraction of sp³-hybridized carbons (Fsp3) is 0.349. The number of carbonyl (C=O) groups is 6. The molecule has 0 spiro atoms. The molecule has 17 nitrogen and oxygen atoms in total. The van der Waals surface area contributed by atoms with Crippen molar-refractivity contribution in [3.63, 3.8) is 0 Å². The molecule has 2 aliphatic heterocycles. The standard InChI is InChI=1S/C43H42F3N11O6/c1-42(2,53-29-8-6-7-24-35(29)41(63)57(40(24)62)32-13-14-34(58)52-39(32)61)33-21-56(55-54-33)16-5-4-15-48-38(60)30-12-9-22(19-49-30)25-17-26-31(18-28(25)43(44,45)46)50-20-27(36(26)47-3)37(59)51-23-10-11-23/h6-9,12,17-21,23,32,53H,4-5,10-11,13-16H2,1-3H3,(H,47,50)(H,48,60)(H,51,59)(H,52,58,61). The van der Waals surface area contributed by atoms with Gasteiger partial charge in [0.1, 0.15) is 17.4 Å². The van der Waals surface area contributed by atoms with Gasteiger partial charge in [-0.15, -0.1) is 5.10 Å². The summed E-state index contributed by atoms with van der Waals surface area (Å²) in [6.45, 7) is 4.39. The molecular weight excluding hydrogens is 824 g/mol. The monoisotopic (exact) mass is 865 g/mol. The van der Waals surface area contributed by atoms with E-state index in [1.54, 1.807) is 30.1 Å². The number of fused-ring (bicyclic) bond motifs is 2. The number of nitrogens with zero attached hydrogens (tertiary/aromatic N) is 6. The van der Waals surface area contributed by atoms with Gasteiger partial charge in [0.25, 0.3) is 23.6 Å². The number of aromatic nitrogens is 5. The van der Waals surface area contributed by atoms with Crippen LogP contribution in [0.1, 0.15) is 105 Å². The van der Waals surface area contributed by atoms with Gasteiger partial charge in [-0.3, -0.25) is 53.6 Å². The first kappa shape index (κ1) is 42.4. The maximum Gasteiger partial charge on any atom is 0.417 e. The van der Waals surface area contributed by atoms with Gasteiger partial charge in [-0.25, -0.2) is 0 Å². The van der Waals surface area contributed by atoms with E-state index in [0.29, 0.717) is 41.8 Å². The number of piperidine rings is 1. The SMILES string of the molecule is CNc1c(C(=O)NC2CC2)cnc2cc(C(F)(F)F)c(-c3ccc(C(=O)NCCCCn4cc(C(C)(C)Nc5cccc6c5C(=O)N(C5CCC(=O)NC5=O)C6=O)nn4)nc3)cc12. The topological polar surface area (TPSA) is 222 Å². The van der Waals surface area contributed by atoms with Crippen molar-refractivity contribution in [2.24, 2.45) is 0 Å². The van der Waals surface area contributed by atoms with Crippen molar-refractivity contribution in [1.29, 1.82) is 0 Å². The molecule has 5 aromatic rings. The highest BCUT2D eigenvalue weighted by Crippen LogP contribution is 2.41. The Morgan fingerprint density at radius 2 is 1.71 bits per heavy atom. The Bertz CT molecular complexity index is 2700. The molecule has 5 heterocycles. The third-order valence-electron chi connectivity index (χ3n) is 11.2. The summed E-state index contributed by atoms with van der Waals surface area (Å²) in [6.07, 6.45) is 2.40. The summed E-state index contributed by atoms with van der Waals surface area (Å²) in [6, 6.07) is 8.79. The van der Waals surface area contributed by atoms with Crippen LogP contribution >= 0.6 is 0 Å². The third kappa shape index (κ3) is 8.52. The van der Waals surface area contributed by atoms with Crippen molar-refractivity contribution >= 4 is 57.7 Å². The minimum atomic E-state index is -4.73. The molecule has 6 amide bonds. The Morgan fingerprint density at radius 1 is 0.921 bits per heavy atom. The molecule has 326 valence electrons. The second-order valence-electron chi connectivity index (χ2n) is 16.1. The first-order chi connectivity index (χ1) is 30.0. The summed E-state index contributed by atoms with van der Waals surface area (Å²) in [5.41, 5.74) is -0.0929. The zero-order valence-electron chi connectivity index (χ0n) is 34.4. The first-order valence-electron chi connectivity index (χ1n) is 20.3. The molecule has 0 radical (unpaired) electrons. The molecule has 1 saturated heterocycles. The molecule has 0 bridgehead atoms. The molecule has 1 saturated carbocycles. The second-order valence-corrected chi connectivity index (χ2v) is 16.1. The van der Waals surface area contributed by atoms with Crippen LogP contribution in [0.4, 0.5) is 24.5 Å². The number of unbranched alkanes of at least 4 members (excludes halogenated alkanes) is 1. The van der Waals surface area contributed by atoms with Crippen LogP contribution < -0.4 is 26.6 Å². The summed E-state index contributed by atoms with van der Waals surface area (Å²) in [4.78, 5) is 86.2. The summed E-state index contributed by atoms with van der Waals surface area (Å²) >= 11 is 0. The second kappa shape index (κ2) is 16.6. The Balaban J connectivity index is 0.869. The molecule has 1 aliphatic carbocycles. The lowest BCUT2D eigenvalue weighted by atomic mass is 9.96. The van der Waals surface area contributed by atoms with Gasteiger partial charge in [0.15, 0.2) is 0 Å². The predicted octanol–water partition coefficient (Wildman–Crippen LogP) is 4.80. The van der Waals surface area contributed by atoms with Gasteiger partial charge < -0.3 is 21.3 Å². The van der Waals surface area contributed by atoms with Crippen molar-refractivity contribution in [1.82, 2.24) is 45.8 Å². The van der Waals surface area contributed by atoms with Crippen LogP contribution in [0, 0.1) is 0 Å². The maximum atomic E-state index is 14.4. The van der Waals surface area contributed by atoms with E-state index < -0.39 is 52.9 Å². The summed E-state index contributed by atoms with van der Waals surface area (Å²) in [7, 11) is 1.58. The van der Waals surface area contributed by atoms with Gasteiger partial charge in [0.2, 0.25) is 11.8 Å². The van der Waals surface area contributed by atoms with Gasteiger partial charge in [-0.05, 0) is 81.8 Å². The van der Waals surface area contributed by atoms with E-state index in [9.17, 15) is 41.9 Å². The summed E-state index contributed by atoms with van der Waals surface area (Å²) in [5.74, 6) is -3.28. The number of imide groups is 2. The maximum absolute atomic E-state index is 14.4. The zero-order chi connectivity index (χ0) is 44.8. The Kier molecular flexibility index (Phi) is 11.2. The quantitative estimate of drug-likeness (QED) is 0.0751. The minimum Gasteiger partial charge on any atom is -0.387 e. The van der Waals surface area contributed by atoms with Crippen LogP contribution in [0.2, 0.25) is 0 Å². The molecule has 20 heteroatoms. The van der Waals surface area contributed by atoms with Crippen LogP contribution in [0.15, 0.2) is 61.1 Å². The van der Waals surface area contributed by atoms with Crippen LogP contribution in [0.25, 0.3) is 22.0 Å². The Hall–Kier alpha value is -7.25. The van der Waals surface area contributed by atoms with Gasteiger partial charge >= 0.3 is 6.18 Å². The average molecular weight is 866 g/mol. The average Bonchev–Trinajstić information content (AvgIpc) is 3.86. The number of anilines is 2. The van der Waals surface area contributed by atoms with E-state index in [1.807, 2.05) is 13.8 Å². The number of halogens is 3. The van der Waals surface area contributed by atoms with Crippen LogP contribution in [-0.2, 0) is 27.8 Å².